The maximum atomic E-state index is 13.4. The van der Waals surface area contributed by atoms with Crippen LogP contribution in [0.5, 0.6) is 0 Å². The second-order valence-electron chi connectivity index (χ2n) is 7.90. The Labute approximate surface area is 194 Å². The number of hydroxylamine groups is 2. The molecule has 1 amide bonds. The summed E-state index contributed by atoms with van der Waals surface area (Å²) in [4.78, 5) is 46.9. The minimum absolute atomic E-state index is 0.131. The van der Waals surface area contributed by atoms with Crippen LogP contribution in [0.15, 0.2) is 60.9 Å². The maximum Gasteiger partial charge on any atom is 0.357 e. The number of hydrogen-bond donors (Lipinski definition) is 2. The molecule has 10 heteroatoms. The van der Waals surface area contributed by atoms with Crippen molar-refractivity contribution < 1.29 is 18.8 Å². The lowest BCUT2D eigenvalue weighted by atomic mass is 10.2. The fourth-order valence-corrected chi connectivity index (χ4v) is 3.95. The molecule has 172 valence electrons. The predicted molar refractivity (Wildman–Crippen MR) is 120 cm³/mol. The molecule has 4 aromatic rings. The van der Waals surface area contributed by atoms with Gasteiger partial charge in [0.1, 0.15) is 29.5 Å². The minimum atomic E-state index is -0.444. The van der Waals surface area contributed by atoms with Crippen molar-refractivity contribution in [3.05, 3.63) is 89.4 Å². The van der Waals surface area contributed by atoms with Gasteiger partial charge in [-0.15, -0.1) is 5.06 Å². The van der Waals surface area contributed by atoms with Crippen LogP contribution in [0.2, 0.25) is 0 Å². The first-order chi connectivity index (χ1) is 16.6. The molecule has 9 nitrogen and oxygen atoms in total. The van der Waals surface area contributed by atoms with E-state index in [-0.39, 0.29) is 24.1 Å². The summed E-state index contributed by atoms with van der Waals surface area (Å²) < 4.78 is 13.4. The molecule has 2 aromatic heterocycles. The third-order valence-electron chi connectivity index (χ3n) is 5.59. The summed E-state index contributed by atoms with van der Waals surface area (Å²) in [5.41, 5.74) is 1.94. The van der Waals surface area contributed by atoms with Gasteiger partial charge in [0, 0.05) is 13.1 Å². The number of halogens is 1. The van der Waals surface area contributed by atoms with Gasteiger partial charge >= 0.3 is 5.97 Å². The zero-order valence-corrected chi connectivity index (χ0v) is 18.1. The highest BCUT2D eigenvalue weighted by atomic mass is 19.1. The SMILES string of the molecule is O=C(ON1CCC[C@@H]1c1nc2ncnc(C(=O)NCc3cccc(F)c3)c2[nH]1)c1ccccc1. The monoisotopic (exact) mass is 460 g/mol. The van der Waals surface area contributed by atoms with E-state index in [2.05, 4.69) is 25.3 Å². The molecule has 5 rings (SSSR count). The van der Waals surface area contributed by atoms with E-state index in [1.165, 1.54) is 18.5 Å². The van der Waals surface area contributed by atoms with Gasteiger partial charge in [-0.2, -0.15) is 0 Å². The molecule has 34 heavy (non-hydrogen) atoms. The summed E-state index contributed by atoms with van der Waals surface area (Å²) >= 11 is 0. The van der Waals surface area contributed by atoms with Gasteiger partial charge in [-0.25, -0.2) is 24.1 Å². The Balaban J connectivity index is 1.34. The zero-order chi connectivity index (χ0) is 23.5. The number of H-pyrrole nitrogens is 1. The summed E-state index contributed by atoms with van der Waals surface area (Å²) in [5, 5.41) is 4.34. The van der Waals surface area contributed by atoms with Gasteiger partial charge in [-0.1, -0.05) is 30.3 Å². The average Bonchev–Trinajstić information content (AvgIpc) is 3.49. The van der Waals surface area contributed by atoms with E-state index in [0.717, 1.165) is 12.8 Å². The molecule has 1 aliphatic rings. The number of carbonyl (C=O) groups excluding carboxylic acids is 2. The number of amides is 1. The largest absolute Gasteiger partial charge is 0.363 e. The predicted octanol–water partition coefficient (Wildman–Crippen LogP) is 3.33. The quantitative estimate of drug-likeness (QED) is 0.454. The third kappa shape index (κ3) is 4.48. The van der Waals surface area contributed by atoms with Crippen molar-refractivity contribution >= 4 is 23.0 Å². The molecule has 1 saturated heterocycles. The van der Waals surface area contributed by atoms with Crippen molar-refractivity contribution in [3.63, 3.8) is 0 Å². The Morgan fingerprint density at radius 2 is 2.00 bits per heavy atom. The lowest BCUT2D eigenvalue weighted by molar-refractivity contribution is -0.121. The lowest BCUT2D eigenvalue weighted by Gasteiger charge is -2.21. The summed E-state index contributed by atoms with van der Waals surface area (Å²) in [7, 11) is 0. The van der Waals surface area contributed by atoms with Crippen LogP contribution in [0.1, 0.15) is 51.1 Å². The van der Waals surface area contributed by atoms with E-state index in [9.17, 15) is 14.0 Å². The van der Waals surface area contributed by atoms with E-state index in [1.54, 1.807) is 41.5 Å². The summed E-state index contributed by atoms with van der Waals surface area (Å²) in [5.74, 6) is -0.719. The highest BCUT2D eigenvalue weighted by Gasteiger charge is 2.33. The molecule has 1 aliphatic heterocycles. The summed E-state index contributed by atoms with van der Waals surface area (Å²) in [6.07, 6.45) is 2.80. The molecule has 0 saturated carbocycles. The maximum absolute atomic E-state index is 13.4. The van der Waals surface area contributed by atoms with Crippen molar-refractivity contribution in [2.75, 3.05) is 6.54 Å². The van der Waals surface area contributed by atoms with Crippen molar-refractivity contribution in [1.29, 1.82) is 0 Å². The molecule has 1 fully saturated rings. The van der Waals surface area contributed by atoms with Gasteiger partial charge in [-0.05, 0) is 42.7 Å². The molecular weight excluding hydrogens is 439 g/mol. The molecule has 2 N–H and O–H groups in total. The molecule has 3 heterocycles. The van der Waals surface area contributed by atoms with Crippen LogP contribution >= 0.6 is 0 Å². The van der Waals surface area contributed by atoms with Crippen molar-refractivity contribution in [2.24, 2.45) is 0 Å². The Hall–Kier alpha value is -4.18. The van der Waals surface area contributed by atoms with Crippen LogP contribution < -0.4 is 5.32 Å². The zero-order valence-electron chi connectivity index (χ0n) is 18.1. The van der Waals surface area contributed by atoms with E-state index in [0.29, 0.717) is 34.7 Å². The second kappa shape index (κ2) is 9.36. The van der Waals surface area contributed by atoms with Crippen LogP contribution in [0.4, 0.5) is 4.39 Å². The normalized spacial score (nSPS) is 16.0. The number of hydrogen-bond acceptors (Lipinski definition) is 7. The van der Waals surface area contributed by atoms with Gasteiger partial charge in [0.2, 0.25) is 0 Å². The van der Waals surface area contributed by atoms with E-state index in [1.807, 2.05) is 6.07 Å². The molecule has 0 spiro atoms. The molecule has 0 unspecified atom stereocenters. The van der Waals surface area contributed by atoms with Gasteiger partial charge in [-0.3, -0.25) is 4.79 Å². The Kier molecular flexibility index (Phi) is 5.96. The second-order valence-corrected chi connectivity index (χ2v) is 7.90. The minimum Gasteiger partial charge on any atom is -0.363 e. The molecule has 0 aliphatic carbocycles. The fourth-order valence-electron chi connectivity index (χ4n) is 3.95. The van der Waals surface area contributed by atoms with Gasteiger partial charge in [0.15, 0.2) is 11.3 Å². The first-order valence-corrected chi connectivity index (χ1v) is 10.9. The lowest BCUT2D eigenvalue weighted by Crippen LogP contribution is -2.27. The van der Waals surface area contributed by atoms with Crippen LogP contribution in [0, 0.1) is 5.82 Å². The number of aromatic amines is 1. The third-order valence-corrected chi connectivity index (χ3v) is 5.59. The number of nitrogens with zero attached hydrogens (tertiary/aromatic N) is 4. The van der Waals surface area contributed by atoms with Gasteiger partial charge in [0.05, 0.1) is 5.56 Å². The smallest absolute Gasteiger partial charge is 0.357 e. The highest BCUT2D eigenvalue weighted by molar-refractivity contribution is 6.02. The van der Waals surface area contributed by atoms with Crippen LogP contribution in [-0.2, 0) is 11.4 Å². The number of fused-ring (bicyclic) bond motifs is 1. The van der Waals surface area contributed by atoms with E-state index in [4.69, 9.17) is 4.84 Å². The molecule has 1 atom stereocenters. The summed E-state index contributed by atoms with van der Waals surface area (Å²) in [6.45, 7) is 0.710. The first kappa shape index (κ1) is 21.7. The molecule has 0 radical (unpaired) electrons. The fraction of sp³-hybridized carbons (Fsp3) is 0.208. The van der Waals surface area contributed by atoms with Crippen LogP contribution in [0.25, 0.3) is 11.2 Å². The number of benzene rings is 2. The van der Waals surface area contributed by atoms with Crippen molar-refractivity contribution in [1.82, 2.24) is 30.3 Å². The molecule has 2 aromatic carbocycles. The van der Waals surface area contributed by atoms with Crippen molar-refractivity contribution in [2.45, 2.75) is 25.4 Å². The van der Waals surface area contributed by atoms with Crippen LogP contribution in [0.3, 0.4) is 0 Å². The topological polar surface area (TPSA) is 113 Å². The Bertz CT molecular complexity index is 1340. The van der Waals surface area contributed by atoms with Crippen LogP contribution in [-0.4, -0.2) is 43.4 Å². The van der Waals surface area contributed by atoms with Crippen molar-refractivity contribution in [3.8, 4) is 0 Å². The average molecular weight is 460 g/mol. The van der Waals surface area contributed by atoms with E-state index >= 15 is 0 Å². The molecular formula is C24H21FN6O3. The Morgan fingerprint density at radius 3 is 2.82 bits per heavy atom. The van der Waals surface area contributed by atoms with Gasteiger partial charge in [0.25, 0.3) is 5.91 Å². The Morgan fingerprint density at radius 1 is 1.15 bits per heavy atom. The number of nitrogens with one attached hydrogen (secondary N) is 2. The van der Waals surface area contributed by atoms with E-state index < -0.39 is 11.9 Å². The molecule has 0 bridgehead atoms. The number of aromatic nitrogens is 4. The number of imidazole rings is 1. The number of carbonyl (C=O) groups is 2. The number of rotatable bonds is 6. The standard InChI is InChI=1S/C24H21FN6O3/c25-17-9-4-6-15(12-17)13-26-23(32)20-19-22(28-14-27-20)30-21(29-19)18-10-5-11-31(18)34-24(33)16-7-2-1-3-8-16/h1-4,6-9,12,14,18H,5,10-11,13H2,(H,26,32)(H,27,28,29,30)/t18-/m1/s1. The van der Waals surface area contributed by atoms with Gasteiger partial charge < -0.3 is 15.1 Å². The first-order valence-electron chi connectivity index (χ1n) is 10.9. The highest BCUT2D eigenvalue weighted by Crippen LogP contribution is 2.32. The summed E-state index contributed by atoms with van der Waals surface area (Å²) in [6, 6.07) is 14.5.